The van der Waals surface area contributed by atoms with Gasteiger partial charge in [-0.25, -0.2) is 4.98 Å². The van der Waals surface area contributed by atoms with E-state index in [2.05, 4.69) is 4.98 Å². The van der Waals surface area contributed by atoms with Crippen LogP contribution in [0.3, 0.4) is 0 Å². The van der Waals surface area contributed by atoms with Gasteiger partial charge in [0.2, 0.25) is 0 Å². The molecule has 0 saturated carbocycles. The molecule has 0 aliphatic rings. The van der Waals surface area contributed by atoms with Crippen LogP contribution in [0.25, 0.3) is 10.9 Å². The molecule has 0 spiro atoms. The predicted octanol–water partition coefficient (Wildman–Crippen LogP) is 4.18. The predicted molar refractivity (Wildman–Crippen MR) is 99.0 cm³/mol. The summed E-state index contributed by atoms with van der Waals surface area (Å²) in [7, 11) is 0. The molecule has 128 valence electrons. The minimum atomic E-state index is -0.418. The van der Waals surface area contributed by atoms with Gasteiger partial charge in [0.15, 0.2) is 5.16 Å². The second-order valence-electron chi connectivity index (χ2n) is 5.89. The van der Waals surface area contributed by atoms with Crippen molar-refractivity contribution in [2.24, 2.45) is 0 Å². The molecule has 0 radical (unpaired) electrons. The highest BCUT2D eigenvalue weighted by Gasteiger charge is 2.14. The summed E-state index contributed by atoms with van der Waals surface area (Å²) >= 11 is 1.45. The zero-order chi connectivity index (χ0) is 18.0. The molecule has 1 heterocycles. The van der Waals surface area contributed by atoms with Crippen LogP contribution in [-0.4, -0.2) is 14.5 Å². The zero-order valence-corrected chi connectivity index (χ0v) is 14.7. The van der Waals surface area contributed by atoms with E-state index in [4.69, 9.17) is 0 Å². The van der Waals surface area contributed by atoms with Crippen molar-refractivity contribution in [3.05, 3.63) is 74.6 Å². The molecule has 0 saturated heterocycles. The summed E-state index contributed by atoms with van der Waals surface area (Å²) in [4.78, 5) is 27.7. The number of hydrogen-bond donors (Lipinski definition) is 0. The zero-order valence-electron chi connectivity index (χ0n) is 13.9. The number of para-hydroxylation sites is 1. The minimum Gasteiger partial charge on any atom is -0.285 e. The van der Waals surface area contributed by atoms with Crippen LogP contribution in [0.4, 0.5) is 5.69 Å². The molecule has 0 unspecified atom stereocenters. The maximum Gasteiger partial charge on any atom is 0.269 e. The first-order valence-corrected chi connectivity index (χ1v) is 8.83. The third-order valence-electron chi connectivity index (χ3n) is 3.81. The van der Waals surface area contributed by atoms with Crippen LogP contribution >= 0.6 is 11.8 Å². The van der Waals surface area contributed by atoms with Crippen LogP contribution in [0, 0.1) is 10.1 Å². The van der Waals surface area contributed by atoms with E-state index in [1.807, 2.05) is 32.0 Å². The molecule has 0 amide bonds. The molecule has 0 atom stereocenters. The van der Waals surface area contributed by atoms with Gasteiger partial charge < -0.3 is 0 Å². The van der Waals surface area contributed by atoms with Gasteiger partial charge in [-0.1, -0.05) is 36.0 Å². The van der Waals surface area contributed by atoms with Crippen LogP contribution in [0.1, 0.15) is 25.5 Å². The lowest BCUT2D eigenvalue weighted by atomic mass is 10.2. The van der Waals surface area contributed by atoms with Crippen LogP contribution in [0.15, 0.2) is 58.5 Å². The fourth-order valence-corrected chi connectivity index (χ4v) is 3.63. The van der Waals surface area contributed by atoms with Gasteiger partial charge >= 0.3 is 0 Å². The summed E-state index contributed by atoms with van der Waals surface area (Å²) in [5.74, 6) is 0.579. The summed E-state index contributed by atoms with van der Waals surface area (Å²) in [5, 5.41) is 12.0. The lowest BCUT2D eigenvalue weighted by molar-refractivity contribution is -0.384. The topological polar surface area (TPSA) is 78.0 Å². The lowest BCUT2D eigenvalue weighted by Gasteiger charge is -2.16. The minimum absolute atomic E-state index is 0.0102. The van der Waals surface area contributed by atoms with Crippen LogP contribution < -0.4 is 5.56 Å². The van der Waals surface area contributed by atoms with E-state index in [-0.39, 0.29) is 17.3 Å². The molecule has 3 rings (SSSR count). The maximum absolute atomic E-state index is 12.8. The molecule has 2 aromatic carbocycles. The number of benzene rings is 2. The molecule has 0 aliphatic heterocycles. The van der Waals surface area contributed by atoms with Crippen molar-refractivity contribution in [3.8, 4) is 0 Å². The number of nitrogens with zero attached hydrogens (tertiary/aromatic N) is 3. The monoisotopic (exact) mass is 355 g/mol. The largest absolute Gasteiger partial charge is 0.285 e. The van der Waals surface area contributed by atoms with E-state index in [1.54, 1.807) is 22.8 Å². The molecular weight excluding hydrogens is 338 g/mol. The molecule has 0 bridgehead atoms. The normalized spacial score (nSPS) is 11.2. The third-order valence-corrected chi connectivity index (χ3v) is 4.83. The van der Waals surface area contributed by atoms with Gasteiger partial charge in [0.05, 0.1) is 15.8 Å². The molecule has 7 heteroatoms. The number of thioether (sulfide) groups is 1. The second kappa shape index (κ2) is 7.06. The number of non-ortho nitro benzene ring substituents is 1. The number of hydrogen-bond acceptors (Lipinski definition) is 5. The number of nitro groups is 1. The van der Waals surface area contributed by atoms with Gasteiger partial charge in [-0.2, -0.15) is 0 Å². The van der Waals surface area contributed by atoms with Gasteiger partial charge in [-0.05, 0) is 31.5 Å². The smallest absolute Gasteiger partial charge is 0.269 e. The first kappa shape index (κ1) is 17.2. The summed E-state index contributed by atoms with van der Waals surface area (Å²) in [6.07, 6.45) is 0. The van der Waals surface area contributed by atoms with E-state index >= 15 is 0 Å². The molecule has 0 aliphatic carbocycles. The fourth-order valence-electron chi connectivity index (χ4n) is 2.54. The lowest BCUT2D eigenvalue weighted by Crippen LogP contribution is -2.25. The van der Waals surface area contributed by atoms with Crippen molar-refractivity contribution in [3.63, 3.8) is 0 Å². The van der Waals surface area contributed by atoms with Crippen LogP contribution in [0.2, 0.25) is 0 Å². The molecular formula is C18H17N3O3S. The van der Waals surface area contributed by atoms with Crippen LogP contribution in [0.5, 0.6) is 0 Å². The Morgan fingerprint density at radius 3 is 2.48 bits per heavy atom. The van der Waals surface area contributed by atoms with Crippen molar-refractivity contribution < 1.29 is 4.92 Å². The summed E-state index contributed by atoms with van der Waals surface area (Å²) < 4.78 is 1.69. The Bertz CT molecular complexity index is 981. The average molecular weight is 355 g/mol. The molecule has 25 heavy (non-hydrogen) atoms. The van der Waals surface area contributed by atoms with Crippen molar-refractivity contribution in [1.29, 1.82) is 0 Å². The number of aromatic nitrogens is 2. The van der Waals surface area contributed by atoms with Crippen molar-refractivity contribution >= 4 is 28.4 Å². The number of nitro benzene ring substituents is 1. The number of fused-ring (bicyclic) bond motifs is 1. The Labute approximate surface area is 148 Å². The highest BCUT2D eigenvalue weighted by Crippen LogP contribution is 2.25. The molecule has 0 N–H and O–H groups in total. The first-order chi connectivity index (χ1) is 12.0. The first-order valence-electron chi connectivity index (χ1n) is 7.85. The van der Waals surface area contributed by atoms with Gasteiger partial charge in [0.1, 0.15) is 0 Å². The standard InChI is InChI=1S/C18H17N3O3S/c1-12(2)20-17(22)15-5-3-4-6-16(15)19-18(20)25-11-13-7-9-14(10-8-13)21(23)24/h3-10,12H,11H2,1-2H3. The maximum atomic E-state index is 12.8. The summed E-state index contributed by atoms with van der Waals surface area (Å²) in [6.45, 7) is 3.90. The summed E-state index contributed by atoms with van der Waals surface area (Å²) in [6, 6.07) is 13.7. The summed E-state index contributed by atoms with van der Waals surface area (Å²) in [5.41, 5.74) is 1.63. The average Bonchev–Trinajstić information content (AvgIpc) is 2.60. The van der Waals surface area contributed by atoms with Gasteiger partial charge in [0.25, 0.3) is 11.2 Å². The van der Waals surface area contributed by atoms with Gasteiger partial charge in [0, 0.05) is 23.9 Å². The highest BCUT2D eigenvalue weighted by molar-refractivity contribution is 7.98. The fraction of sp³-hybridized carbons (Fsp3) is 0.222. The Hall–Kier alpha value is -2.67. The SMILES string of the molecule is CC(C)n1c(SCc2ccc([N+](=O)[O-])cc2)nc2ccccc2c1=O. The van der Waals surface area contributed by atoms with E-state index < -0.39 is 4.92 Å². The van der Waals surface area contributed by atoms with Gasteiger partial charge in [-0.3, -0.25) is 19.5 Å². The van der Waals surface area contributed by atoms with E-state index in [0.717, 1.165) is 5.56 Å². The van der Waals surface area contributed by atoms with Crippen molar-refractivity contribution in [1.82, 2.24) is 9.55 Å². The molecule has 6 nitrogen and oxygen atoms in total. The molecule has 3 aromatic rings. The van der Waals surface area contributed by atoms with Crippen molar-refractivity contribution in [2.45, 2.75) is 30.8 Å². The van der Waals surface area contributed by atoms with E-state index in [9.17, 15) is 14.9 Å². The number of rotatable bonds is 5. The Morgan fingerprint density at radius 2 is 1.84 bits per heavy atom. The van der Waals surface area contributed by atoms with Crippen molar-refractivity contribution in [2.75, 3.05) is 0 Å². The molecule has 1 aromatic heterocycles. The Kier molecular flexibility index (Phi) is 4.85. The third kappa shape index (κ3) is 3.56. The molecule has 0 fully saturated rings. The second-order valence-corrected chi connectivity index (χ2v) is 6.84. The Balaban J connectivity index is 1.93. The van der Waals surface area contributed by atoms with E-state index in [0.29, 0.717) is 21.8 Å². The van der Waals surface area contributed by atoms with Crippen LogP contribution in [-0.2, 0) is 5.75 Å². The van der Waals surface area contributed by atoms with E-state index in [1.165, 1.54) is 23.9 Å². The Morgan fingerprint density at radius 1 is 1.16 bits per heavy atom. The van der Waals surface area contributed by atoms with Gasteiger partial charge in [-0.15, -0.1) is 0 Å². The quantitative estimate of drug-likeness (QED) is 0.297. The highest BCUT2D eigenvalue weighted by atomic mass is 32.2.